The molecule has 1 aliphatic rings. The van der Waals surface area contributed by atoms with Gasteiger partial charge in [-0.15, -0.1) is 0 Å². The number of hydrogen-bond acceptors (Lipinski definition) is 3. The summed E-state index contributed by atoms with van der Waals surface area (Å²) in [6.45, 7) is 0. The van der Waals surface area contributed by atoms with E-state index in [0.29, 0.717) is 11.1 Å². The number of fused-ring (bicyclic) bond motifs is 12. The van der Waals surface area contributed by atoms with Crippen LogP contribution >= 0.6 is 11.8 Å². The van der Waals surface area contributed by atoms with Crippen molar-refractivity contribution >= 4 is 89.7 Å². The number of pyridine rings is 2. The summed E-state index contributed by atoms with van der Waals surface area (Å²) >= 11 is 1.85. The number of halogens is 1. The number of rotatable bonds is 5. The van der Waals surface area contributed by atoms with Crippen molar-refractivity contribution in [2.45, 2.75) is 16.0 Å². The lowest BCUT2D eigenvalue weighted by Gasteiger charge is -2.40. The summed E-state index contributed by atoms with van der Waals surface area (Å²) in [6.07, 6.45) is 4.25. The van der Waals surface area contributed by atoms with Gasteiger partial charge in [-0.1, -0.05) is 139 Å². The Balaban J connectivity index is 1.14. The largest absolute Gasteiger partial charge is 0.299 e. The lowest BCUT2D eigenvalue weighted by molar-refractivity contribution is 0.402. The fraction of sp³-hybridized carbons (Fsp3) is 0.0196. The predicted octanol–water partition coefficient (Wildman–Crippen LogP) is 10.0. The second-order valence-electron chi connectivity index (χ2n) is 15.0. The zero-order chi connectivity index (χ0) is 38.4. The number of nitrogens with zero attached hydrogens (tertiary/aromatic N) is 4. The minimum Gasteiger partial charge on any atom is -0.299 e. The Morgan fingerprint density at radius 2 is 1.22 bits per heavy atom. The van der Waals surface area contributed by atoms with Gasteiger partial charge in [0.1, 0.15) is 11.5 Å². The molecule has 12 rings (SSSR count). The Hall–Kier alpha value is -6.80. The van der Waals surface area contributed by atoms with Crippen LogP contribution in [0.3, 0.4) is 0 Å². The van der Waals surface area contributed by atoms with E-state index in [1.807, 2.05) is 78.9 Å². The molecule has 1 atom stereocenters. The average molecular weight is 781 g/mol. The van der Waals surface area contributed by atoms with E-state index in [-0.39, 0.29) is 0 Å². The molecule has 4 nitrogen and oxygen atoms in total. The summed E-state index contributed by atoms with van der Waals surface area (Å²) in [7, 11) is -2.93. The summed E-state index contributed by atoms with van der Waals surface area (Å²) in [5.41, 5.74) is 5.07. The van der Waals surface area contributed by atoms with Gasteiger partial charge < -0.3 is 0 Å². The number of alkyl halides is 1. The molecule has 0 N–H and O–H groups in total. The lowest BCUT2D eigenvalue weighted by Crippen LogP contribution is -2.76. The van der Waals surface area contributed by atoms with Gasteiger partial charge in [-0.25, -0.2) is 14.4 Å². The Labute approximate surface area is 338 Å². The summed E-state index contributed by atoms with van der Waals surface area (Å²) in [4.78, 5) is 12.2. The van der Waals surface area contributed by atoms with Crippen LogP contribution in [0.15, 0.2) is 204 Å². The predicted molar refractivity (Wildman–Crippen MR) is 239 cm³/mol. The zero-order valence-electron chi connectivity index (χ0n) is 31.1. The fourth-order valence-corrected chi connectivity index (χ4v) is 16.9. The summed E-state index contributed by atoms with van der Waals surface area (Å²) in [5, 5.41) is 10.8. The highest BCUT2D eigenvalue weighted by molar-refractivity contribution is 8.00. The van der Waals surface area contributed by atoms with Crippen LogP contribution in [0.5, 0.6) is 0 Å². The van der Waals surface area contributed by atoms with E-state index < -0.39 is 14.2 Å². The number of aromatic nitrogens is 4. The molecular weight excluding hydrogens is 748 g/mol. The Kier molecular flexibility index (Phi) is 7.39. The molecule has 0 amide bonds. The standard InChI is InChI=1S/C51H33FN4SSi/c52-49(33-22-24-37-38-17-7-8-18-41(38)55-30-29-54-51(55)40(37)31-33)34-23-25-39-43(32-34)56(47-21-11-12-28-53-47)42-26-27-45-50(48(39)42)58(35-13-3-1-4-14-35,36-15-5-2-6-16-36)46-20-10-9-19-44(46)57-45/h1-32,49H. The molecule has 0 radical (unpaired) electrons. The SMILES string of the molecule is FC(c1ccc2c3ccccc3n3ccnc3c2c1)c1ccc2c3c4c(ccc3n(-c3ccccn3)c2c1)Sc1ccccc1[Si]4(c1ccccc1)c1ccccc1. The van der Waals surface area contributed by atoms with Gasteiger partial charge >= 0.3 is 0 Å². The molecule has 0 bridgehead atoms. The summed E-state index contributed by atoms with van der Waals surface area (Å²) in [6, 6.07) is 62.2. The van der Waals surface area contributed by atoms with Crippen LogP contribution in [0.25, 0.3) is 54.9 Å². The molecule has 7 heteroatoms. The maximum absolute atomic E-state index is 17.3. The fourth-order valence-electron chi connectivity index (χ4n) is 9.66. The zero-order valence-corrected chi connectivity index (χ0v) is 32.9. The maximum atomic E-state index is 17.3. The van der Waals surface area contributed by atoms with Crippen LogP contribution in [0.1, 0.15) is 17.3 Å². The molecule has 0 saturated heterocycles. The summed E-state index contributed by atoms with van der Waals surface area (Å²) < 4.78 is 21.6. The average Bonchev–Trinajstić information content (AvgIpc) is 3.93. The highest BCUT2D eigenvalue weighted by atomic mass is 32.2. The number of para-hydroxylation sites is 1. The molecule has 0 spiro atoms. The van der Waals surface area contributed by atoms with Gasteiger partial charge in [0, 0.05) is 49.9 Å². The molecular formula is C51H33FN4SSi. The number of hydrogen-bond donors (Lipinski definition) is 0. The van der Waals surface area contributed by atoms with Crippen LogP contribution in [-0.2, 0) is 0 Å². The quantitative estimate of drug-likeness (QED) is 0.129. The van der Waals surface area contributed by atoms with E-state index in [1.54, 1.807) is 0 Å². The minimum absolute atomic E-state index is 0.593. The van der Waals surface area contributed by atoms with E-state index in [9.17, 15) is 0 Å². The molecule has 11 aromatic rings. The van der Waals surface area contributed by atoms with Gasteiger partial charge in [0.2, 0.25) is 0 Å². The van der Waals surface area contributed by atoms with Crippen molar-refractivity contribution in [2.24, 2.45) is 0 Å². The second-order valence-corrected chi connectivity index (χ2v) is 19.8. The molecule has 0 aliphatic carbocycles. The van der Waals surface area contributed by atoms with Gasteiger partial charge in [-0.2, -0.15) is 0 Å². The van der Waals surface area contributed by atoms with Crippen molar-refractivity contribution in [1.82, 2.24) is 18.9 Å². The number of imidazole rings is 1. The van der Waals surface area contributed by atoms with Crippen LogP contribution < -0.4 is 20.7 Å². The van der Waals surface area contributed by atoms with Crippen molar-refractivity contribution in [3.63, 3.8) is 0 Å². The van der Waals surface area contributed by atoms with Crippen molar-refractivity contribution in [2.75, 3.05) is 0 Å². The molecule has 274 valence electrons. The van der Waals surface area contributed by atoms with Gasteiger partial charge in [0.15, 0.2) is 14.2 Å². The number of benzene rings is 7. The Morgan fingerprint density at radius 1 is 0.517 bits per heavy atom. The highest BCUT2D eigenvalue weighted by Crippen LogP contribution is 2.41. The van der Waals surface area contributed by atoms with E-state index in [1.165, 1.54) is 35.9 Å². The van der Waals surface area contributed by atoms with Crippen LogP contribution in [0.2, 0.25) is 0 Å². The Bertz CT molecular complexity index is 3360. The third-order valence-corrected chi connectivity index (χ3v) is 18.5. The first-order chi connectivity index (χ1) is 28.7. The van der Waals surface area contributed by atoms with Gasteiger partial charge in [0.05, 0.1) is 16.6 Å². The monoisotopic (exact) mass is 780 g/mol. The molecule has 1 unspecified atom stereocenters. The third kappa shape index (κ3) is 4.68. The molecule has 0 saturated carbocycles. The summed E-state index contributed by atoms with van der Waals surface area (Å²) in [5.74, 6) is 0.796. The van der Waals surface area contributed by atoms with Crippen molar-refractivity contribution < 1.29 is 4.39 Å². The molecule has 4 aromatic heterocycles. The first-order valence-corrected chi connectivity index (χ1v) is 22.3. The van der Waals surface area contributed by atoms with E-state index >= 15 is 4.39 Å². The Morgan fingerprint density at radius 3 is 2.02 bits per heavy atom. The highest BCUT2D eigenvalue weighted by Gasteiger charge is 2.48. The normalized spacial score (nSPS) is 13.9. The molecule has 7 aromatic carbocycles. The van der Waals surface area contributed by atoms with E-state index in [4.69, 9.17) is 9.97 Å². The molecule has 0 fully saturated rings. The lowest BCUT2D eigenvalue weighted by atomic mass is 9.97. The second kappa shape index (κ2) is 12.9. The first kappa shape index (κ1) is 33.3. The topological polar surface area (TPSA) is 35.1 Å². The van der Waals surface area contributed by atoms with Gasteiger partial charge in [-0.05, 0) is 85.8 Å². The molecule has 58 heavy (non-hydrogen) atoms. The molecule has 1 aliphatic heterocycles. The van der Waals surface area contributed by atoms with Gasteiger partial charge in [0.25, 0.3) is 0 Å². The van der Waals surface area contributed by atoms with Crippen molar-refractivity contribution in [3.8, 4) is 5.82 Å². The first-order valence-electron chi connectivity index (χ1n) is 19.5. The van der Waals surface area contributed by atoms with Crippen molar-refractivity contribution in [3.05, 3.63) is 206 Å². The van der Waals surface area contributed by atoms with E-state index in [0.717, 1.165) is 49.6 Å². The van der Waals surface area contributed by atoms with Gasteiger partial charge in [-0.3, -0.25) is 8.97 Å². The van der Waals surface area contributed by atoms with Crippen LogP contribution in [0, 0.1) is 0 Å². The third-order valence-electron chi connectivity index (χ3n) is 12.1. The minimum atomic E-state index is -2.93. The van der Waals surface area contributed by atoms with Crippen molar-refractivity contribution in [1.29, 1.82) is 0 Å². The molecule has 5 heterocycles. The smallest absolute Gasteiger partial charge is 0.182 e. The van der Waals surface area contributed by atoms with E-state index in [2.05, 4.69) is 136 Å². The van der Waals surface area contributed by atoms with Crippen LogP contribution in [-0.4, -0.2) is 27.0 Å². The van der Waals surface area contributed by atoms with Crippen LogP contribution in [0.4, 0.5) is 4.39 Å². The maximum Gasteiger partial charge on any atom is 0.182 e.